The summed E-state index contributed by atoms with van der Waals surface area (Å²) >= 11 is 4.31. The Kier molecular flexibility index (Phi) is 5.88. The maximum absolute atomic E-state index is 4.31. The molecule has 0 atom stereocenters. The Labute approximate surface area is 133 Å². The van der Waals surface area contributed by atoms with Gasteiger partial charge in [-0.2, -0.15) is 12.6 Å². The molecule has 0 spiro atoms. The third-order valence-corrected chi connectivity index (χ3v) is 3.68. The molecule has 0 bridgehead atoms. The molecule has 1 aromatic carbocycles. The number of aromatic nitrogens is 1. The van der Waals surface area contributed by atoms with Crippen LogP contribution in [0.4, 0.5) is 5.69 Å². The normalized spacial score (nSPS) is 11.0. The average molecular weight is 299 g/mol. The maximum Gasteiger partial charge on any atom is 0.169 e. The van der Waals surface area contributed by atoms with E-state index in [0.717, 1.165) is 18.8 Å². The van der Waals surface area contributed by atoms with E-state index in [4.69, 9.17) is 0 Å². The maximum atomic E-state index is 4.31. The van der Waals surface area contributed by atoms with E-state index in [-0.39, 0.29) is 0 Å². The SMILES string of the molecule is CCN(CCS)c1ccc(/C=C/c2cc[n+](C)cc2)cc1. The van der Waals surface area contributed by atoms with Crippen LogP contribution in [-0.2, 0) is 7.05 Å². The van der Waals surface area contributed by atoms with Crippen molar-refractivity contribution in [2.24, 2.45) is 7.05 Å². The smallest absolute Gasteiger partial charge is 0.169 e. The van der Waals surface area contributed by atoms with Crippen molar-refractivity contribution in [2.75, 3.05) is 23.7 Å². The van der Waals surface area contributed by atoms with Crippen molar-refractivity contribution in [1.29, 1.82) is 0 Å². The van der Waals surface area contributed by atoms with Crippen molar-refractivity contribution in [1.82, 2.24) is 0 Å². The van der Waals surface area contributed by atoms with Crippen LogP contribution < -0.4 is 9.47 Å². The summed E-state index contributed by atoms with van der Waals surface area (Å²) < 4.78 is 2.03. The molecule has 0 aliphatic heterocycles. The second-order valence-corrected chi connectivity index (χ2v) is 5.47. The largest absolute Gasteiger partial charge is 0.371 e. The van der Waals surface area contributed by atoms with E-state index in [9.17, 15) is 0 Å². The van der Waals surface area contributed by atoms with E-state index in [1.807, 2.05) is 11.6 Å². The van der Waals surface area contributed by atoms with Gasteiger partial charge in [0.1, 0.15) is 7.05 Å². The van der Waals surface area contributed by atoms with Crippen molar-refractivity contribution in [3.63, 3.8) is 0 Å². The zero-order chi connectivity index (χ0) is 15.1. The van der Waals surface area contributed by atoms with Crippen molar-refractivity contribution in [3.05, 3.63) is 59.9 Å². The molecular weight excluding hydrogens is 276 g/mol. The zero-order valence-corrected chi connectivity index (χ0v) is 13.6. The zero-order valence-electron chi connectivity index (χ0n) is 12.7. The minimum absolute atomic E-state index is 0.876. The van der Waals surface area contributed by atoms with E-state index in [2.05, 4.69) is 85.4 Å². The highest BCUT2D eigenvalue weighted by molar-refractivity contribution is 7.80. The Balaban J connectivity index is 2.06. The van der Waals surface area contributed by atoms with Crippen LogP contribution in [-0.4, -0.2) is 18.8 Å². The fourth-order valence-electron chi connectivity index (χ4n) is 2.20. The quantitative estimate of drug-likeness (QED) is 0.634. The Hall–Kier alpha value is -1.74. The molecule has 0 aliphatic carbocycles. The molecule has 3 heteroatoms. The van der Waals surface area contributed by atoms with Crippen LogP contribution in [0.3, 0.4) is 0 Å². The molecule has 2 rings (SSSR count). The third-order valence-electron chi connectivity index (χ3n) is 3.48. The van der Waals surface area contributed by atoms with Gasteiger partial charge in [0.2, 0.25) is 0 Å². The Bertz CT molecular complexity index is 573. The van der Waals surface area contributed by atoms with E-state index in [1.54, 1.807) is 0 Å². The van der Waals surface area contributed by atoms with Crippen LogP contribution in [0.25, 0.3) is 12.2 Å². The lowest BCUT2D eigenvalue weighted by molar-refractivity contribution is -0.671. The lowest BCUT2D eigenvalue weighted by Gasteiger charge is -2.22. The number of nitrogens with zero attached hydrogens (tertiary/aromatic N) is 2. The van der Waals surface area contributed by atoms with Gasteiger partial charge in [-0.25, -0.2) is 4.57 Å². The fraction of sp³-hybridized carbons (Fsp3) is 0.278. The lowest BCUT2D eigenvalue weighted by atomic mass is 10.1. The van der Waals surface area contributed by atoms with Gasteiger partial charge in [-0.3, -0.25) is 0 Å². The Morgan fingerprint density at radius 1 is 1.00 bits per heavy atom. The summed E-state index contributed by atoms with van der Waals surface area (Å²) in [7, 11) is 2.02. The summed E-state index contributed by atoms with van der Waals surface area (Å²) in [5.74, 6) is 0.876. The van der Waals surface area contributed by atoms with Gasteiger partial charge < -0.3 is 4.90 Å². The van der Waals surface area contributed by atoms with Gasteiger partial charge in [-0.05, 0) is 30.2 Å². The molecule has 21 heavy (non-hydrogen) atoms. The van der Waals surface area contributed by atoms with Crippen molar-refractivity contribution < 1.29 is 4.57 Å². The number of anilines is 1. The molecule has 0 N–H and O–H groups in total. The van der Waals surface area contributed by atoms with Gasteiger partial charge in [-0.15, -0.1) is 0 Å². The van der Waals surface area contributed by atoms with E-state index < -0.39 is 0 Å². The Morgan fingerprint density at radius 3 is 2.10 bits per heavy atom. The van der Waals surface area contributed by atoms with Gasteiger partial charge in [-0.1, -0.05) is 24.3 Å². The molecule has 0 unspecified atom stereocenters. The number of aryl methyl sites for hydroxylation is 1. The molecule has 0 aliphatic rings. The highest BCUT2D eigenvalue weighted by Crippen LogP contribution is 2.16. The molecule has 0 saturated carbocycles. The molecule has 2 nitrogen and oxygen atoms in total. The highest BCUT2D eigenvalue weighted by Gasteiger charge is 2.02. The number of benzene rings is 1. The minimum Gasteiger partial charge on any atom is -0.371 e. The molecule has 0 fully saturated rings. The number of rotatable bonds is 6. The molecule has 0 saturated heterocycles. The minimum atomic E-state index is 0.876. The summed E-state index contributed by atoms with van der Waals surface area (Å²) in [4.78, 5) is 2.33. The van der Waals surface area contributed by atoms with Crippen LogP contribution in [0.2, 0.25) is 0 Å². The summed E-state index contributed by atoms with van der Waals surface area (Å²) in [6.45, 7) is 4.17. The molecule has 2 aromatic rings. The summed E-state index contributed by atoms with van der Waals surface area (Å²) in [5.41, 5.74) is 3.69. The monoisotopic (exact) mass is 299 g/mol. The first-order chi connectivity index (χ1) is 10.2. The van der Waals surface area contributed by atoms with Crippen LogP contribution in [0.5, 0.6) is 0 Å². The number of hydrogen-bond acceptors (Lipinski definition) is 2. The highest BCUT2D eigenvalue weighted by atomic mass is 32.1. The van der Waals surface area contributed by atoms with E-state index >= 15 is 0 Å². The first-order valence-electron chi connectivity index (χ1n) is 7.32. The average Bonchev–Trinajstić information content (AvgIpc) is 2.53. The third kappa shape index (κ3) is 4.64. The van der Waals surface area contributed by atoms with Gasteiger partial charge in [0, 0.05) is 36.7 Å². The topological polar surface area (TPSA) is 7.12 Å². The molecule has 0 radical (unpaired) electrons. The van der Waals surface area contributed by atoms with E-state index in [1.165, 1.54) is 16.8 Å². The van der Waals surface area contributed by atoms with Crippen molar-refractivity contribution >= 4 is 30.5 Å². The Morgan fingerprint density at radius 2 is 1.57 bits per heavy atom. The van der Waals surface area contributed by atoms with Crippen LogP contribution in [0.15, 0.2) is 48.8 Å². The molecule has 0 amide bonds. The first-order valence-corrected chi connectivity index (χ1v) is 7.95. The van der Waals surface area contributed by atoms with Gasteiger partial charge in [0.25, 0.3) is 0 Å². The second-order valence-electron chi connectivity index (χ2n) is 5.03. The molecular formula is C18H23N2S+. The van der Waals surface area contributed by atoms with Crippen LogP contribution in [0.1, 0.15) is 18.1 Å². The fourth-order valence-corrected chi connectivity index (χ4v) is 2.44. The van der Waals surface area contributed by atoms with E-state index in [0.29, 0.717) is 0 Å². The van der Waals surface area contributed by atoms with Crippen molar-refractivity contribution in [3.8, 4) is 0 Å². The summed E-state index contributed by atoms with van der Waals surface area (Å²) in [6, 6.07) is 12.9. The second kappa shape index (κ2) is 7.89. The summed E-state index contributed by atoms with van der Waals surface area (Å²) in [6.07, 6.45) is 8.40. The number of pyridine rings is 1. The molecule has 110 valence electrons. The molecule has 1 heterocycles. The van der Waals surface area contributed by atoms with Gasteiger partial charge in [0.15, 0.2) is 12.4 Å². The van der Waals surface area contributed by atoms with Crippen LogP contribution >= 0.6 is 12.6 Å². The lowest BCUT2D eigenvalue weighted by Crippen LogP contribution is -2.25. The standard InChI is InChI=1S/C18H22N2S/c1-3-20(14-15-21)18-8-6-16(7-9-18)4-5-17-10-12-19(2)13-11-17/h4-13H,3,14-15H2,1-2H3/p+1. The predicted octanol–water partition coefficient (Wildman–Crippen LogP) is 3.44. The summed E-state index contributed by atoms with van der Waals surface area (Å²) in [5, 5.41) is 0. The number of hydrogen-bond donors (Lipinski definition) is 1. The molecule has 1 aromatic heterocycles. The first kappa shape index (κ1) is 15.6. The van der Waals surface area contributed by atoms with Crippen molar-refractivity contribution in [2.45, 2.75) is 6.92 Å². The predicted molar refractivity (Wildman–Crippen MR) is 94.7 cm³/mol. The van der Waals surface area contributed by atoms with Gasteiger partial charge >= 0.3 is 0 Å². The number of thiol groups is 1. The van der Waals surface area contributed by atoms with Crippen LogP contribution in [0, 0.1) is 0 Å². The van der Waals surface area contributed by atoms with Gasteiger partial charge in [0.05, 0.1) is 0 Å².